The molecule has 2 atom stereocenters. The van der Waals surface area contributed by atoms with Gasteiger partial charge in [-0.3, -0.25) is 34.3 Å². The van der Waals surface area contributed by atoms with Crippen LogP contribution in [0.3, 0.4) is 0 Å². The van der Waals surface area contributed by atoms with Crippen molar-refractivity contribution in [2.24, 2.45) is 0 Å². The fraction of sp³-hybridized carbons (Fsp3) is 0.295. The molecule has 0 spiro atoms. The summed E-state index contributed by atoms with van der Waals surface area (Å²) in [6.45, 7) is 5.35. The molecule has 8 N–H and O–H groups in total. The fourth-order valence-corrected chi connectivity index (χ4v) is 8.99. The molecule has 0 saturated heterocycles. The smallest absolute Gasteiger partial charge is 0.224 e. The lowest BCUT2D eigenvalue weighted by atomic mass is 9.65. The van der Waals surface area contributed by atoms with Crippen LogP contribution in [0.2, 0.25) is 0 Å². The van der Waals surface area contributed by atoms with Crippen LogP contribution in [0, 0.1) is 19.1 Å². The number of benzene rings is 4. The predicted octanol–water partition coefficient (Wildman–Crippen LogP) is 9.39. The molecule has 0 aliphatic heterocycles. The normalized spacial score (nSPS) is 17.3. The van der Waals surface area contributed by atoms with Crippen LogP contribution in [0.4, 0.5) is 22.7 Å². The van der Waals surface area contributed by atoms with Crippen LogP contribution in [0.25, 0.3) is 11.4 Å². The Morgan fingerprint density at radius 1 is 0.694 bits per heavy atom. The van der Waals surface area contributed by atoms with Gasteiger partial charge in [-0.25, -0.2) is 5.48 Å². The van der Waals surface area contributed by atoms with Crippen molar-refractivity contribution in [1.29, 1.82) is 0 Å². The van der Waals surface area contributed by atoms with E-state index in [2.05, 4.69) is 47.6 Å². The number of nitrogens with one attached hydrogen (secondary N) is 6. The average Bonchev–Trinajstić information content (AvgIpc) is 3.80. The van der Waals surface area contributed by atoms with Crippen molar-refractivity contribution in [3.05, 3.63) is 140 Å². The molecular formula is C44H50N10O4S4. The van der Waals surface area contributed by atoms with E-state index in [4.69, 9.17) is 53.7 Å². The van der Waals surface area contributed by atoms with E-state index in [0.717, 1.165) is 35.6 Å². The largest absolute Gasteiger partial charge is 0.387 e. The molecule has 1 aliphatic rings. The Balaban J connectivity index is 0.909. The van der Waals surface area contributed by atoms with Crippen LogP contribution in [-0.2, 0) is 20.8 Å². The number of carbonyl (C=O) groups is 1. The van der Waals surface area contributed by atoms with E-state index in [1.807, 2.05) is 111 Å². The third-order valence-electron chi connectivity index (χ3n) is 11.4. The van der Waals surface area contributed by atoms with E-state index in [-0.39, 0.29) is 5.91 Å². The first kappa shape index (κ1) is 44.4. The number of aromatic nitrogens is 6. The van der Waals surface area contributed by atoms with E-state index in [9.17, 15) is 15.0 Å². The van der Waals surface area contributed by atoms with Crippen LogP contribution >= 0.6 is 48.9 Å². The summed E-state index contributed by atoms with van der Waals surface area (Å²) in [7, 11) is 3.96. The standard InChI is InChI=1S/C44H50N10O4S4/c1-29(58-50-33-10-7-12-37(28-33)54-41(61)48-49-42(54)62)22-26-52(3)35-20-16-31(17-21-35)44(57)24-5-4-23-43(44,56)30-14-18-34(19-15-30)51(2)25-8-13-38(55)45-32-9-6-11-36(27-32)53-39(59)46-47-40(53)60/h6-7,9-12,14-21,27-28,50,56-57H,1,4-5,8,13,22-26H2,2-3H3,(H,45,55)(H,46,59)(H,47,60)(H,48,61)(H,49,62). The molecule has 0 bridgehead atoms. The first-order valence-corrected chi connectivity index (χ1v) is 21.9. The zero-order valence-corrected chi connectivity index (χ0v) is 37.7. The number of amides is 1. The van der Waals surface area contributed by atoms with E-state index in [0.29, 0.717) is 92.5 Å². The first-order valence-electron chi connectivity index (χ1n) is 20.2. The highest BCUT2D eigenvalue weighted by atomic mass is 32.1. The number of hydrogen-bond donors (Lipinski definition) is 8. The van der Waals surface area contributed by atoms with Gasteiger partial charge in [-0.2, -0.15) is 0 Å². The van der Waals surface area contributed by atoms with Crippen molar-refractivity contribution in [2.45, 2.75) is 56.1 Å². The number of aromatic amines is 4. The number of aliphatic hydroxyl groups is 2. The lowest BCUT2D eigenvalue weighted by molar-refractivity contribution is -0.189. The van der Waals surface area contributed by atoms with Gasteiger partial charge in [0.1, 0.15) is 17.0 Å². The summed E-state index contributed by atoms with van der Waals surface area (Å²) in [5.41, 5.74) is 6.13. The molecule has 1 amide bonds. The molecule has 14 nitrogen and oxygen atoms in total. The van der Waals surface area contributed by atoms with Gasteiger partial charge >= 0.3 is 0 Å². The van der Waals surface area contributed by atoms with Gasteiger partial charge in [-0.1, -0.05) is 43.0 Å². The van der Waals surface area contributed by atoms with Crippen LogP contribution in [0.15, 0.2) is 109 Å². The Morgan fingerprint density at radius 2 is 1.15 bits per heavy atom. The Labute approximate surface area is 379 Å². The van der Waals surface area contributed by atoms with Crippen LogP contribution < -0.4 is 20.6 Å². The maximum atomic E-state index is 12.9. The van der Waals surface area contributed by atoms with Crippen molar-refractivity contribution < 1.29 is 19.8 Å². The quantitative estimate of drug-likeness (QED) is 0.0249. The van der Waals surface area contributed by atoms with Gasteiger partial charge in [0.2, 0.25) is 5.91 Å². The SMILES string of the molecule is C=C(CCN(C)c1ccc(C2(O)CCCCC2(O)c2ccc(N(C)CCCC(=O)Nc3cccc(-n4c(=S)[nH][nH]c4=S)c3)cc2)cc1)ONc1cccc(-n2c(=S)[nH][nH]c2=S)c1. The van der Waals surface area contributed by atoms with Gasteiger partial charge in [-0.05, 0) is 153 Å². The van der Waals surface area contributed by atoms with Crippen LogP contribution in [-0.4, -0.2) is 72.8 Å². The molecule has 18 heteroatoms. The molecule has 1 aliphatic carbocycles. The summed E-state index contributed by atoms with van der Waals surface area (Å²) >= 11 is 21.3. The van der Waals surface area contributed by atoms with Crippen molar-refractivity contribution >= 4 is 77.5 Å². The van der Waals surface area contributed by atoms with Gasteiger partial charge in [0.05, 0.1) is 17.1 Å². The molecule has 7 rings (SSSR count). The topological polar surface area (TPSA) is 170 Å². The molecule has 1 fully saturated rings. The van der Waals surface area contributed by atoms with Crippen molar-refractivity contribution in [3.8, 4) is 11.4 Å². The average molecular weight is 911 g/mol. The van der Waals surface area contributed by atoms with Gasteiger partial charge in [0.25, 0.3) is 0 Å². The summed E-state index contributed by atoms with van der Waals surface area (Å²) < 4.78 is 5.21. The number of rotatable bonds is 17. The molecular weight excluding hydrogens is 861 g/mol. The zero-order chi connectivity index (χ0) is 44.0. The van der Waals surface area contributed by atoms with E-state index in [1.54, 1.807) is 9.13 Å². The molecule has 6 aromatic rings. The van der Waals surface area contributed by atoms with Gasteiger partial charge in [0, 0.05) is 57.1 Å². The first-order chi connectivity index (χ1) is 29.8. The molecule has 4 aromatic carbocycles. The van der Waals surface area contributed by atoms with Crippen LogP contribution in [0.1, 0.15) is 56.1 Å². The Kier molecular flexibility index (Phi) is 13.7. The number of nitrogens with zero attached hydrogens (tertiary/aromatic N) is 4. The highest BCUT2D eigenvalue weighted by Crippen LogP contribution is 2.51. The Hall–Kier alpha value is -5.63. The predicted molar refractivity (Wildman–Crippen MR) is 254 cm³/mol. The summed E-state index contributed by atoms with van der Waals surface area (Å²) in [5, 5.41) is 39.0. The highest BCUT2D eigenvalue weighted by Gasteiger charge is 2.53. The second-order valence-electron chi connectivity index (χ2n) is 15.5. The van der Waals surface area contributed by atoms with Crippen molar-refractivity contribution in [3.63, 3.8) is 0 Å². The van der Waals surface area contributed by atoms with Gasteiger partial charge in [-0.15, -0.1) is 0 Å². The van der Waals surface area contributed by atoms with Gasteiger partial charge < -0.3 is 30.2 Å². The van der Waals surface area contributed by atoms with Crippen molar-refractivity contribution in [2.75, 3.05) is 47.8 Å². The molecule has 2 aromatic heterocycles. The summed E-state index contributed by atoms with van der Waals surface area (Å²) in [6.07, 6.45) is 3.96. The third-order valence-corrected chi connectivity index (χ3v) is 12.5. The van der Waals surface area contributed by atoms with Crippen molar-refractivity contribution in [1.82, 2.24) is 29.5 Å². The molecule has 324 valence electrons. The molecule has 62 heavy (non-hydrogen) atoms. The second-order valence-corrected chi connectivity index (χ2v) is 17.0. The van der Waals surface area contributed by atoms with Crippen LogP contribution in [0.5, 0.6) is 0 Å². The number of anilines is 4. The minimum atomic E-state index is -1.48. The fourth-order valence-electron chi connectivity index (χ4n) is 7.88. The maximum absolute atomic E-state index is 12.9. The lowest BCUT2D eigenvalue weighted by Gasteiger charge is -2.48. The highest BCUT2D eigenvalue weighted by molar-refractivity contribution is 7.72. The minimum absolute atomic E-state index is 0.0959. The van der Waals surface area contributed by atoms with Gasteiger partial charge in [0.15, 0.2) is 19.1 Å². The Bertz CT molecular complexity index is 2720. The third kappa shape index (κ3) is 9.70. The molecule has 1 saturated carbocycles. The Morgan fingerprint density at radius 3 is 1.65 bits per heavy atom. The summed E-state index contributed by atoms with van der Waals surface area (Å²) in [4.78, 5) is 22.8. The van der Waals surface area contributed by atoms with E-state index in [1.165, 1.54) is 0 Å². The monoisotopic (exact) mass is 910 g/mol. The lowest BCUT2D eigenvalue weighted by Crippen LogP contribution is -2.51. The second kappa shape index (κ2) is 19.2. The van der Waals surface area contributed by atoms with E-state index >= 15 is 0 Å². The zero-order valence-electron chi connectivity index (χ0n) is 34.4. The molecule has 2 unspecified atom stereocenters. The van der Waals surface area contributed by atoms with E-state index < -0.39 is 11.2 Å². The number of carbonyl (C=O) groups excluding carboxylic acids is 1. The number of H-pyrrole nitrogens is 4. The minimum Gasteiger partial charge on any atom is -0.387 e. The molecule has 2 heterocycles. The molecule has 0 radical (unpaired) electrons. The summed E-state index contributed by atoms with van der Waals surface area (Å²) in [6, 6.07) is 30.4. The number of hydrogen-bond acceptors (Lipinski definition) is 11. The summed E-state index contributed by atoms with van der Waals surface area (Å²) in [5.74, 6) is 0.460. The maximum Gasteiger partial charge on any atom is 0.224 e.